The number of amides is 2. The average molecular weight is 571 g/mol. The Labute approximate surface area is 226 Å². The van der Waals surface area contributed by atoms with Gasteiger partial charge in [-0.3, -0.25) is 9.69 Å². The summed E-state index contributed by atoms with van der Waals surface area (Å²) >= 11 is 5.65. The zero-order valence-electron chi connectivity index (χ0n) is 21.4. The number of imidazole rings is 1. The van der Waals surface area contributed by atoms with Crippen LogP contribution in [0, 0.1) is 5.82 Å². The van der Waals surface area contributed by atoms with E-state index in [-0.39, 0.29) is 23.9 Å². The van der Waals surface area contributed by atoms with Crippen molar-refractivity contribution >= 4 is 29.2 Å². The number of alkyl halides is 3. The number of fused-ring (bicyclic) bond motifs is 1. The molecule has 1 aliphatic heterocycles. The average Bonchev–Trinajstić information content (AvgIpc) is 3.26. The molecule has 2 amide bonds. The van der Waals surface area contributed by atoms with Crippen molar-refractivity contribution in [2.45, 2.75) is 57.5 Å². The molecule has 210 valence electrons. The lowest BCUT2D eigenvalue weighted by atomic mass is 9.96. The number of carbonyl (C=O) groups is 2. The molecule has 2 aromatic heterocycles. The zero-order chi connectivity index (χ0) is 28.5. The van der Waals surface area contributed by atoms with E-state index in [1.54, 1.807) is 20.8 Å². The molecule has 0 radical (unpaired) electrons. The largest absolute Gasteiger partial charge is 0.484 e. The lowest BCUT2D eigenvalue weighted by Crippen LogP contribution is -2.52. The van der Waals surface area contributed by atoms with E-state index < -0.39 is 47.2 Å². The quantitative estimate of drug-likeness (QED) is 0.393. The Morgan fingerprint density at radius 2 is 1.87 bits per heavy atom. The molecule has 1 aliphatic rings. The highest BCUT2D eigenvalue weighted by atomic mass is 35.5. The first-order valence-corrected chi connectivity index (χ1v) is 12.5. The Morgan fingerprint density at radius 1 is 1.13 bits per heavy atom. The molecule has 0 spiro atoms. The molecule has 13 heteroatoms. The van der Waals surface area contributed by atoms with Crippen molar-refractivity contribution in [3.63, 3.8) is 0 Å². The number of halogens is 5. The molecule has 0 aliphatic carbocycles. The van der Waals surface area contributed by atoms with E-state index in [1.807, 2.05) is 0 Å². The summed E-state index contributed by atoms with van der Waals surface area (Å²) in [6.45, 7) is 4.82. The first-order valence-electron chi connectivity index (χ1n) is 12.1. The molecule has 1 aromatic carbocycles. The van der Waals surface area contributed by atoms with Crippen LogP contribution < -0.4 is 10.1 Å². The van der Waals surface area contributed by atoms with Gasteiger partial charge in [0.05, 0.1) is 22.3 Å². The summed E-state index contributed by atoms with van der Waals surface area (Å²) in [5.74, 6) is -1.03. The highest BCUT2D eigenvalue weighted by Crippen LogP contribution is 2.34. The van der Waals surface area contributed by atoms with Crippen LogP contribution in [0.3, 0.4) is 0 Å². The molecule has 0 bridgehead atoms. The summed E-state index contributed by atoms with van der Waals surface area (Å²) < 4.78 is 65.3. The monoisotopic (exact) mass is 570 g/mol. The molecule has 0 saturated carbocycles. The van der Waals surface area contributed by atoms with E-state index in [2.05, 4.69) is 10.3 Å². The van der Waals surface area contributed by atoms with Gasteiger partial charge in [0, 0.05) is 31.0 Å². The first kappa shape index (κ1) is 28.5. The summed E-state index contributed by atoms with van der Waals surface area (Å²) in [5.41, 5.74) is -0.926. The smallest absolute Gasteiger partial charge is 0.417 e. The van der Waals surface area contributed by atoms with E-state index in [0.29, 0.717) is 24.2 Å². The van der Waals surface area contributed by atoms with Gasteiger partial charge in [0.25, 0.3) is 5.91 Å². The molecule has 3 heterocycles. The second-order valence-corrected chi connectivity index (χ2v) is 10.6. The van der Waals surface area contributed by atoms with E-state index in [9.17, 15) is 27.2 Å². The van der Waals surface area contributed by atoms with Gasteiger partial charge < -0.3 is 19.2 Å². The summed E-state index contributed by atoms with van der Waals surface area (Å²) in [6, 6.07) is 4.98. The minimum Gasteiger partial charge on any atom is -0.484 e. The number of aromatic nitrogens is 2. The fourth-order valence-corrected chi connectivity index (χ4v) is 4.36. The number of ether oxygens (including phenoxy) is 2. The third kappa shape index (κ3) is 7.11. The third-order valence-corrected chi connectivity index (χ3v) is 6.28. The predicted octanol–water partition coefficient (Wildman–Crippen LogP) is 5.78. The van der Waals surface area contributed by atoms with Crippen molar-refractivity contribution in [1.82, 2.24) is 19.6 Å². The van der Waals surface area contributed by atoms with Crippen LogP contribution in [-0.4, -0.2) is 51.1 Å². The minimum atomic E-state index is -4.51. The van der Waals surface area contributed by atoms with Gasteiger partial charge in [-0.25, -0.2) is 14.2 Å². The standard InChI is InChI=1S/C26H27ClF4N4O4/c1-25(2,3)39-24(37)35-12-16(32-23(36)14-38-17-6-7-18(27)19(28)10-17)5-8-21(35)20-13-34-11-15(26(29,30)31)4-9-22(34)33-20/h4,6-7,9-11,13,16,21H,5,8,12,14H2,1-3H3,(H,32,36)/t16-,21+/m0/s1. The number of likely N-dealkylation sites (tertiary alicyclic amines) is 1. The summed E-state index contributed by atoms with van der Waals surface area (Å²) in [5, 5.41) is 2.73. The number of pyridine rings is 1. The van der Waals surface area contributed by atoms with Gasteiger partial charge in [-0.2, -0.15) is 13.2 Å². The van der Waals surface area contributed by atoms with Crippen molar-refractivity contribution in [3.05, 3.63) is 64.8 Å². The molecular weight excluding hydrogens is 544 g/mol. The molecular formula is C26H27ClF4N4O4. The second kappa shape index (κ2) is 10.9. The van der Waals surface area contributed by atoms with Gasteiger partial charge in [-0.1, -0.05) is 11.6 Å². The lowest BCUT2D eigenvalue weighted by Gasteiger charge is -2.39. The van der Waals surface area contributed by atoms with Crippen molar-refractivity contribution in [1.29, 1.82) is 0 Å². The summed E-state index contributed by atoms with van der Waals surface area (Å²) in [6.07, 6.45) is -1.93. The Balaban J connectivity index is 1.49. The zero-order valence-corrected chi connectivity index (χ0v) is 22.1. The lowest BCUT2D eigenvalue weighted by molar-refractivity contribution is -0.137. The fourth-order valence-electron chi connectivity index (χ4n) is 4.24. The van der Waals surface area contributed by atoms with E-state index in [4.69, 9.17) is 21.1 Å². The SMILES string of the molecule is CC(C)(C)OC(=O)N1C[C@@H](NC(=O)COc2ccc(Cl)c(F)c2)CC[C@@H]1c1cn2cc(C(F)(F)F)ccc2n1. The van der Waals surface area contributed by atoms with Crippen LogP contribution in [0.4, 0.5) is 22.4 Å². The number of piperidine rings is 1. The highest BCUT2D eigenvalue weighted by Gasteiger charge is 2.37. The molecule has 39 heavy (non-hydrogen) atoms. The number of hydrogen-bond donors (Lipinski definition) is 1. The number of nitrogens with zero attached hydrogens (tertiary/aromatic N) is 3. The maximum Gasteiger partial charge on any atom is 0.417 e. The molecule has 2 atom stereocenters. The third-order valence-electron chi connectivity index (χ3n) is 5.97. The number of benzene rings is 1. The van der Waals surface area contributed by atoms with Gasteiger partial charge in [-0.15, -0.1) is 0 Å². The number of hydrogen-bond acceptors (Lipinski definition) is 5. The normalized spacial score (nSPS) is 18.2. The van der Waals surface area contributed by atoms with Crippen molar-refractivity contribution in [2.24, 2.45) is 0 Å². The first-order chi connectivity index (χ1) is 18.2. The van der Waals surface area contributed by atoms with E-state index in [1.165, 1.54) is 33.7 Å². The van der Waals surface area contributed by atoms with Crippen LogP contribution in [0.25, 0.3) is 5.65 Å². The van der Waals surface area contributed by atoms with Gasteiger partial charge in [0.1, 0.15) is 22.8 Å². The summed E-state index contributed by atoms with van der Waals surface area (Å²) in [7, 11) is 0. The van der Waals surface area contributed by atoms with Crippen molar-refractivity contribution in [2.75, 3.05) is 13.2 Å². The van der Waals surface area contributed by atoms with Crippen LogP contribution in [0.15, 0.2) is 42.7 Å². The number of carbonyl (C=O) groups excluding carboxylic acids is 2. The minimum absolute atomic E-state index is 0.0720. The molecule has 3 aromatic rings. The Kier molecular flexibility index (Phi) is 7.97. The Morgan fingerprint density at radius 3 is 2.54 bits per heavy atom. The molecule has 1 fully saturated rings. The van der Waals surface area contributed by atoms with Gasteiger partial charge >= 0.3 is 12.3 Å². The van der Waals surface area contributed by atoms with Crippen LogP contribution in [0.1, 0.15) is 50.9 Å². The topological polar surface area (TPSA) is 85.2 Å². The molecule has 8 nitrogen and oxygen atoms in total. The molecule has 4 rings (SSSR count). The maximum absolute atomic E-state index is 13.6. The van der Waals surface area contributed by atoms with Crippen molar-refractivity contribution in [3.8, 4) is 5.75 Å². The van der Waals surface area contributed by atoms with E-state index >= 15 is 0 Å². The fraction of sp³-hybridized carbons (Fsp3) is 0.423. The summed E-state index contributed by atoms with van der Waals surface area (Å²) in [4.78, 5) is 31.5. The van der Waals surface area contributed by atoms with Crippen molar-refractivity contribution < 1.29 is 36.6 Å². The van der Waals surface area contributed by atoms with E-state index in [0.717, 1.165) is 18.3 Å². The van der Waals surface area contributed by atoms with Crippen LogP contribution >= 0.6 is 11.6 Å². The highest BCUT2D eigenvalue weighted by molar-refractivity contribution is 6.30. The Hall–Kier alpha value is -3.54. The number of rotatable bonds is 5. The van der Waals surface area contributed by atoms with Crippen LogP contribution in [0.5, 0.6) is 5.75 Å². The molecule has 1 N–H and O–H groups in total. The van der Waals surface area contributed by atoms with Gasteiger partial charge in [0.2, 0.25) is 0 Å². The predicted molar refractivity (Wildman–Crippen MR) is 134 cm³/mol. The second-order valence-electron chi connectivity index (χ2n) is 10.2. The van der Waals surface area contributed by atoms with Gasteiger partial charge in [-0.05, 0) is 57.9 Å². The maximum atomic E-state index is 13.6. The molecule has 0 unspecified atom stereocenters. The van der Waals surface area contributed by atoms with Crippen LogP contribution in [-0.2, 0) is 15.7 Å². The molecule has 1 saturated heterocycles. The number of nitrogens with one attached hydrogen (secondary N) is 1. The Bertz CT molecular complexity index is 1370. The van der Waals surface area contributed by atoms with Gasteiger partial charge in [0.15, 0.2) is 6.61 Å². The van der Waals surface area contributed by atoms with Crippen LogP contribution in [0.2, 0.25) is 5.02 Å².